The van der Waals surface area contributed by atoms with Crippen LogP contribution in [0.15, 0.2) is 46.5 Å². The molecule has 0 saturated carbocycles. The fourth-order valence-electron chi connectivity index (χ4n) is 3.22. The van der Waals surface area contributed by atoms with E-state index in [1.807, 2.05) is 42.7 Å². The van der Waals surface area contributed by atoms with Crippen molar-refractivity contribution >= 4 is 51.1 Å². The second kappa shape index (κ2) is 7.63. The number of carbonyl (C=O) groups is 1. The molecular formula is C19H17IN4O3S. The Bertz CT molecular complexity index is 1120. The summed E-state index contributed by atoms with van der Waals surface area (Å²) in [6.07, 6.45) is 1.37. The molecule has 2 aliphatic rings. The molecule has 7 nitrogen and oxygen atoms in total. The number of nitrogens with one attached hydrogen (secondary N) is 1. The molecule has 2 aliphatic heterocycles. The van der Waals surface area contributed by atoms with Crippen LogP contribution in [0.5, 0.6) is 11.5 Å². The van der Waals surface area contributed by atoms with Gasteiger partial charge in [0, 0.05) is 10.8 Å². The smallest absolute Gasteiger partial charge is 0.276 e. The Morgan fingerprint density at radius 3 is 2.71 bits per heavy atom. The van der Waals surface area contributed by atoms with Crippen molar-refractivity contribution in [2.24, 2.45) is 10.1 Å². The van der Waals surface area contributed by atoms with Crippen LogP contribution in [-0.4, -0.2) is 36.6 Å². The highest BCUT2D eigenvalue weighted by Crippen LogP contribution is 2.38. The Morgan fingerprint density at radius 1 is 1.21 bits per heavy atom. The van der Waals surface area contributed by atoms with Gasteiger partial charge in [-0.3, -0.25) is 15.1 Å². The summed E-state index contributed by atoms with van der Waals surface area (Å²) >= 11 is 3.58. The molecule has 28 heavy (non-hydrogen) atoms. The zero-order valence-corrected chi connectivity index (χ0v) is 18.4. The number of para-hydroxylation sites is 1. The highest BCUT2D eigenvalue weighted by atomic mass is 127. The van der Waals surface area contributed by atoms with E-state index in [9.17, 15) is 4.79 Å². The molecule has 1 atom stereocenters. The number of benzene rings is 2. The number of methoxy groups -OCH3 is 2. The van der Waals surface area contributed by atoms with Gasteiger partial charge < -0.3 is 9.47 Å². The van der Waals surface area contributed by atoms with E-state index in [-0.39, 0.29) is 5.91 Å². The fourth-order valence-corrected chi connectivity index (χ4v) is 4.43. The van der Waals surface area contributed by atoms with Gasteiger partial charge in [-0.15, -0.1) is 5.10 Å². The zero-order valence-electron chi connectivity index (χ0n) is 15.4. The first-order chi connectivity index (χ1) is 13.6. The molecule has 0 aromatic heterocycles. The number of hydrazone groups is 1. The van der Waals surface area contributed by atoms with Gasteiger partial charge in [0.1, 0.15) is 5.70 Å². The molecule has 1 amide bonds. The minimum Gasteiger partial charge on any atom is -0.493 e. The predicted octanol–water partition coefficient (Wildman–Crippen LogP) is 1.81. The van der Waals surface area contributed by atoms with Gasteiger partial charge >= 0.3 is 0 Å². The Labute approximate surface area is 179 Å². The standard InChI is InChI=1S/C19H17IN4O3S/c1-26-14-9-10(8-12(20)16(14)27-2)17-21-13-7-5-4-6-11(13)15-18(25)22-19(28-3)23-24(15)17/h4-9,17H,1-3H3,(H,22,23,25)/t17-/m1/s1. The number of amides is 1. The minimum absolute atomic E-state index is 0.193. The lowest BCUT2D eigenvalue weighted by Gasteiger charge is -2.34. The van der Waals surface area contributed by atoms with E-state index >= 15 is 0 Å². The first-order valence-corrected chi connectivity index (χ1v) is 10.7. The van der Waals surface area contributed by atoms with Gasteiger partial charge in [-0.05, 0) is 47.0 Å². The van der Waals surface area contributed by atoms with Gasteiger partial charge in [0.15, 0.2) is 22.8 Å². The number of hydrogen-bond donors (Lipinski definition) is 1. The number of halogens is 1. The van der Waals surface area contributed by atoms with E-state index in [1.54, 1.807) is 19.2 Å². The molecule has 2 aromatic carbocycles. The minimum atomic E-state index is -0.494. The van der Waals surface area contributed by atoms with Crippen molar-refractivity contribution in [3.05, 3.63) is 56.1 Å². The molecule has 0 unspecified atom stereocenters. The van der Waals surface area contributed by atoms with E-state index in [1.165, 1.54) is 11.8 Å². The normalized spacial score (nSPS) is 17.8. The van der Waals surface area contributed by atoms with E-state index in [4.69, 9.17) is 14.5 Å². The summed E-state index contributed by atoms with van der Waals surface area (Å²) in [5, 5.41) is 11.2. The van der Waals surface area contributed by atoms with Gasteiger partial charge in [0.05, 0.1) is 23.1 Å². The molecule has 0 bridgehead atoms. The van der Waals surface area contributed by atoms with Crippen molar-refractivity contribution in [1.82, 2.24) is 10.3 Å². The van der Waals surface area contributed by atoms with Crippen molar-refractivity contribution in [3.8, 4) is 11.5 Å². The molecule has 0 aliphatic carbocycles. The molecule has 1 N–H and O–H groups in total. The fraction of sp³-hybridized carbons (Fsp3) is 0.211. The molecule has 144 valence electrons. The molecule has 2 heterocycles. The lowest BCUT2D eigenvalue weighted by molar-refractivity contribution is -0.116. The Hall–Kier alpha value is -2.27. The number of amidine groups is 1. The van der Waals surface area contributed by atoms with Gasteiger partial charge in [0.25, 0.3) is 5.91 Å². The van der Waals surface area contributed by atoms with Crippen LogP contribution in [0.25, 0.3) is 5.70 Å². The highest BCUT2D eigenvalue weighted by Gasteiger charge is 2.34. The number of hydrogen-bond acceptors (Lipinski definition) is 7. The van der Waals surface area contributed by atoms with Gasteiger partial charge in [-0.2, -0.15) is 0 Å². The maximum Gasteiger partial charge on any atom is 0.276 e. The third-order valence-electron chi connectivity index (χ3n) is 4.46. The van der Waals surface area contributed by atoms with E-state index < -0.39 is 6.17 Å². The summed E-state index contributed by atoms with van der Waals surface area (Å²) in [6.45, 7) is 0. The Morgan fingerprint density at radius 2 is 2.00 bits per heavy atom. The monoisotopic (exact) mass is 508 g/mol. The third kappa shape index (κ3) is 3.12. The van der Waals surface area contributed by atoms with Crippen LogP contribution in [-0.2, 0) is 4.79 Å². The summed E-state index contributed by atoms with van der Waals surface area (Å²) in [7, 11) is 3.21. The van der Waals surface area contributed by atoms with Crippen LogP contribution in [0.3, 0.4) is 0 Å². The maximum atomic E-state index is 12.9. The molecule has 0 fully saturated rings. The van der Waals surface area contributed by atoms with E-state index in [2.05, 4.69) is 33.0 Å². The summed E-state index contributed by atoms with van der Waals surface area (Å²) in [5.74, 6) is 1.08. The lowest BCUT2D eigenvalue weighted by Crippen LogP contribution is -2.50. The number of thioether (sulfide) groups is 1. The molecule has 0 saturated heterocycles. The average Bonchev–Trinajstić information content (AvgIpc) is 2.71. The van der Waals surface area contributed by atoms with Crippen molar-refractivity contribution in [2.45, 2.75) is 6.17 Å². The summed E-state index contributed by atoms with van der Waals surface area (Å²) in [5.41, 5.74) is 1.34. The molecule has 9 heteroatoms. The van der Waals surface area contributed by atoms with Gasteiger partial charge in [-0.25, -0.2) is 5.01 Å². The van der Waals surface area contributed by atoms with E-state index in [0.717, 1.165) is 19.7 Å². The Balaban J connectivity index is 1.97. The topological polar surface area (TPSA) is 75.5 Å². The molecular weight excluding hydrogens is 491 g/mol. The second-order valence-electron chi connectivity index (χ2n) is 6.01. The third-order valence-corrected chi connectivity index (χ3v) is 5.83. The SMILES string of the molecule is COc1cc([C@@H]2N=c3ccccc3=C3C(=O)NC(SC)=NN32)cc(I)c1OC. The van der Waals surface area contributed by atoms with Gasteiger partial charge in [0.2, 0.25) is 0 Å². The van der Waals surface area contributed by atoms with Crippen LogP contribution in [0.2, 0.25) is 0 Å². The Kier molecular flexibility index (Phi) is 5.19. The number of nitrogens with zero attached hydrogens (tertiary/aromatic N) is 3. The summed E-state index contributed by atoms with van der Waals surface area (Å²) in [4.78, 5) is 17.7. The van der Waals surface area contributed by atoms with Crippen molar-refractivity contribution in [2.75, 3.05) is 20.5 Å². The maximum absolute atomic E-state index is 12.9. The van der Waals surface area contributed by atoms with E-state index in [0.29, 0.717) is 22.4 Å². The number of carbonyl (C=O) groups excluding carboxylic acids is 1. The first kappa shape index (κ1) is 19.1. The van der Waals surface area contributed by atoms with Crippen molar-refractivity contribution in [1.29, 1.82) is 0 Å². The molecule has 2 aromatic rings. The van der Waals surface area contributed by atoms with Crippen LogP contribution in [0.4, 0.5) is 0 Å². The second-order valence-corrected chi connectivity index (χ2v) is 7.97. The van der Waals surface area contributed by atoms with Crippen LogP contribution >= 0.6 is 34.4 Å². The highest BCUT2D eigenvalue weighted by molar-refractivity contribution is 14.1. The number of ether oxygens (including phenoxy) is 2. The van der Waals surface area contributed by atoms with Gasteiger partial charge in [-0.1, -0.05) is 30.0 Å². The average molecular weight is 508 g/mol. The molecule has 0 spiro atoms. The number of rotatable bonds is 3. The van der Waals surface area contributed by atoms with Crippen LogP contribution in [0.1, 0.15) is 11.7 Å². The van der Waals surface area contributed by atoms with Crippen LogP contribution in [0, 0.1) is 3.57 Å². The molecule has 0 radical (unpaired) electrons. The van der Waals surface area contributed by atoms with Crippen molar-refractivity contribution < 1.29 is 14.3 Å². The van der Waals surface area contributed by atoms with Crippen molar-refractivity contribution in [3.63, 3.8) is 0 Å². The lowest BCUT2D eigenvalue weighted by atomic mass is 10.1. The summed E-state index contributed by atoms with van der Waals surface area (Å²) < 4.78 is 11.8. The first-order valence-electron chi connectivity index (χ1n) is 8.39. The largest absolute Gasteiger partial charge is 0.493 e. The molecule has 4 rings (SSSR count). The van der Waals surface area contributed by atoms with Crippen LogP contribution < -0.4 is 25.4 Å². The summed E-state index contributed by atoms with van der Waals surface area (Å²) in [6, 6.07) is 11.4. The number of fused-ring (bicyclic) bond motifs is 2. The quantitative estimate of drug-likeness (QED) is 0.641. The zero-order chi connectivity index (χ0) is 19.8. The predicted molar refractivity (Wildman–Crippen MR) is 117 cm³/mol.